The summed E-state index contributed by atoms with van der Waals surface area (Å²) < 4.78 is 2.26. The Morgan fingerprint density at radius 2 is 1.87 bits per heavy atom. The van der Waals surface area contributed by atoms with Gasteiger partial charge in [0.2, 0.25) is 0 Å². The summed E-state index contributed by atoms with van der Waals surface area (Å²) in [5, 5.41) is 0. The normalized spacial score (nSPS) is 10.3. The maximum atomic E-state index is 2.26. The number of hydrogen-bond acceptors (Lipinski definition) is 0. The molecule has 0 aliphatic heterocycles. The van der Waals surface area contributed by atoms with Gasteiger partial charge in [-0.05, 0) is 13.0 Å². The highest BCUT2D eigenvalue weighted by molar-refractivity contribution is 5.21. The predicted molar refractivity (Wildman–Crippen MR) is 61.7 cm³/mol. The summed E-state index contributed by atoms with van der Waals surface area (Å²) in [7, 11) is 0. The maximum absolute atomic E-state index is 2.26. The van der Waals surface area contributed by atoms with Gasteiger partial charge in [-0.2, -0.15) is 4.57 Å². The van der Waals surface area contributed by atoms with Crippen molar-refractivity contribution in [1.29, 1.82) is 0 Å². The van der Waals surface area contributed by atoms with Crippen LogP contribution in [0.4, 0.5) is 0 Å². The molecule has 1 heterocycles. The highest BCUT2D eigenvalue weighted by atomic mass is 14.9. The van der Waals surface area contributed by atoms with E-state index < -0.39 is 0 Å². The first kappa shape index (κ1) is 9.91. The summed E-state index contributed by atoms with van der Waals surface area (Å²) in [6, 6.07) is 14.9. The lowest BCUT2D eigenvalue weighted by Crippen LogP contribution is -2.36. The molecule has 76 valence electrons. The molecule has 0 spiro atoms. The zero-order valence-corrected chi connectivity index (χ0v) is 9.27. The predicted octanol–water partition coefficient (Wildman–Crippen LogP) is 2.64. The average Bonchev–Trinajstić information content (AvgIpc) is 2.22. The number of rotatable bonds is 2. The fourth-order valence-electron chi connectivity index (χ4n) is 1.75. The monoisotopic (exact) mass is 198 g/mol. The molecule has 0 radical (unpaired) electrons. The molecule has 0 aliphatic carbocycles. The quantitative estimate of drug-likeness (QED) is 0.653. The molecule has 1 heteroatoms. The van der Waals surface area contributed by atoms with Gasteiger partial charge in [0, 0.05) is 24.6 Å². The first-order chi connectivity index (χ1) is 7.25. The van der Waals surface area contributed by atoms with E-state index in [4.69, 9.17) is 0 Å². The Morgan fingerprint density at radius 3 is 2.60 bits per heavy atom. The lowest BCUT2D eigenvalue weighted by Gasteiger charge is -2.01. The van der Waals surface area contributed by atoms with Gasteiger partial charge in [0.05, 0.1) is 0 Å². The van der Waals surface area contributed by atoms with Crippen molar-refractivity contribution >= 4 is 0 Å². The van der Waals surface area contributed by atoms with Crippen molar-refractivity contribution in [2.45, 2.75) is 20.4 Å². The smallest absolute Gasteiger partial charge is 0.178 e. The third-order valence-corrected chi connectivity index (χ3v) is 2.60. The second kappa shape index (κ2) is 4.26. The summed E-state index contributed by atoms with van der Waals surface area (Å²) >= 11 is 0. The van der Waals surface area contributed by atoms with Gasteiger partial charge in [0.15, 0.2) is 18.4 Å². The van der Waals surface area contributed by atoms with Gasteiger partial charge in [-0.25, -0.2) is 0 Å². The molecule has 0 fully saturated rings. The van der Waals surface area contributed by atoms with Crippen molar-refractivity contribution in [1.82, 2.24) is 0 Å². The van der Waals surface area contributed by atoms with Crippen molar-refractivity contribution in [3.8, 4) is 0 Å². The van der Waals surface area contributed by atoms with E-state index in [2.05, 4.69) is 67.1 Å². The van der Waals surface area contributed by atoms with Crippen LogP contribution in [0.25, 0.3) is 0 Å². The van der Waals surface area contributed by atoms with E-state index in [9.17, 15) is 0 Å². The maximum Gasteiger partial charge on any atom is 0.178 e. The van der Waals surface area contributed by atoms with E-state index in [-0.39, 0.29) is 0 Å². The first-order valence-corrected chi connectivity index (χ1v) is 5.26. The Labute approximate surface area is 91.0 Å². The Kier molecular flexibility index (Phi) is 2.82. The van der Waals surface area contributed by atoms with Gasteiger partial charge in [0.1, 0.15) is 0 Å². The number of aryl methyl sites for hydroxylation is 2. The molecule has 0 saturated carbocycles. The van der Waals surface area contributed by atoms with E-state index >= 15 is 0 Å². The van der Waals surface area contributed by atoms with Crippen LogP contribution >= 0.6 is 0 Å². The van der Waals surface area contributed by atoms with Crippen LogP contribution in [0.15, 0.2) is 48.7 Å². The van der Waals surface area contributed by atoms with E-state index in [0.717, 1.165) is 6.54 Å². The largest absolute Gasteiger partial charge is 0.198 e. The van der Waals surface area contributed by atoms with E-state index in [1.807, 2.05) is 0 Å². The third-order valence-electron chi connectivity index (χ3n) is 2.60. The highest BCUT2D eigenvalue weighted by Crippen LogP contribution is 2.03. The summed E-state index contributed by atoms with van der Waals surface area (Å²) in [5.41, 5.74) is 3.97. The number of hydrogen-bond donors (Lipinski definition) is 0. The minimum Gasteiger partial charge on any atom is -0.198 e. The van der Waals surface area contributed by atoms with Gasteiger partial charge in [0.25, 0.3) is 0 Å². The summed E-state index contributed by atoms with van der Waals surface area (Å²) in [4.78, 5) is 0. The molecule has 0 bridgehead atoms. The molecule has 2 aromatic rings. The second-order valence-electron chi connectivity index (χ2n) is 3.96. The molecule has 0 amide bonds. The Bertz CT molecular complexity index is 460. The second-order valence-corrected chi connectivity index (χ2v) is 3.96. The third kappa shape index (κ3) is 2.44. The molecule has 0 saturated heterocycles. The average molecular weight is 198 g/mol. The molecule has 0 aliphatic rings. The highest BCUT2D eigenvalue weighted by Gasteiger charge is 2.05. The summed E-state index contributed by atoms with van der Waals surface area (Å²) in [6.07, 6.45) is 2.12. The molecule has 0 unspecified atom stereocenters. The molecule has 2 rings (SSSR count). The van der Waals surface area contributed by atoms with Crippen molar-refractivity contribution in [3.05, 3.63) is 65.5 Å². The molecule has 1 aromatic carbocycles. The van der Waals surface area contributed by atoms with Crippen LogP contribution < -0.4 is 4.57 Å². The van der Waals surface area contributed by atoms with Gasteiger partial charge < -0.3 is 0 Å². The van der Waals surface area contributed by atoms with Crippen LogP contribution in [0.5, 0.6) is 0 Å². The topological polar surface area (TPSA) is 3.88 Å². The van der Waals surface area contributed by atoms with Crippen LogP contribution in [0.3, 0.4) is 0 Å². The van der Waals surface area contributed by atoms with Crippen LogP contribution in [0, 0.1) is 13.8 Å². The van der Waals surface area contributed by atoms with Crippen LogP contribution in [-0.2, 0) is 6.54 Å². The van der Waals surface area contributed by atoms with Gasteiger partial charge in [-0.3, -0.25) is 0 Å². The Hall–Kier alpha value is -1.63. The van der Waals surface area contributed by atoms with Gasteiger partial charge in [-0.15, -0.1) is 0 Å². The molecule has 1 nitrogen and oxygen atoms in total. The minimum absolute atomic E-state index is 0.953. The molecular formula is C14H16N+. The molecule has 1 aromatic heterocycles. The minimum atomic E-state index is 0.953. The fourth-order valence-corrected chi connectivity index (χ4v) is 1.75. The van der Waals surface area contributed by atoms with Gasteiger partial charge in [-0.1, -0.05) is 29.8 Å². The molecule has 0 atom stereocenters. The zero-order valence-electron chi connectivity index (χ0n) is 9.27. The molecular weight excluding hydrogens is 182 g/mol. The first-order valence-electron chi connectivity index (χ1n) is 5.26. The zero-order chi connectivity index (χ0) is 10.7. The lowest BCUT2D eigenvalue weighted by molar-refractivity contribution is -0.694. The fraction of sp³-hybridized carbons (Fsp3) is 0.214. The number of aromatic nitrogens is 1. The van der Waals surface area contributed by atoms with E-state index in [1.54, 1.807) is 0 Å². The van der Waals surface area contributed by atoms with Crippen molar-refractivity contribution < 1.29 is 4.57 Å². The van der Waals surface area contributed by atoms with Crippen molar-refractivity contribution in [2.75, 3.05) is 0 Å². The van der Waals surface area contributed by atoms with E-state index in [0.29, 0.717) is 0 Å². The molecule has 15 heavy (non-hydrogen) atoms. The summed E-state index contributed by atoms with van der Waals surface area (Å²) in [6.45, 7) is 5.22. The Balaban J connectivity index is 2.26. The van der Waals surface area contributed by atoms with Crippen molar-refractivity contribution in [2.24, 2.45) is 0 Å². The van der Waals surface area contributed by atoms with E-state index in [1.165, 1.54) is 16.8 Å². The number of nitrogens with zero attached hydrogens (tertiary/aromatic N) is 1. The SMILES string of the molecule is Cc1cccc(C[n+]2ccccc2C)c1. The molecule has 0 N–H and O–H groups in total. The standard InChI is InChI=1S/C14H16N/c1-12-6-5-8-14(10-12)11-15-9-4-3-7-13(15)2/h3-10H,11H2,1-2H3/q+1. The van der Waals surface area contributed by atoms with Gasteiger partial charge >= 0.3 is 0 Å². The number of pyridine rings is 1. The van der Waals surface area contributed by atoms with Crippen LogP contribution in [0.1, 0.15) is 16.8 Å². The Morgan fingerprint density at radius 1 is 1.00 bits per heavy atom. The van der Waals surface area contributed by atoms with Crippen molar-refractivity contribution in [3.63, 3.8) is 0 Å². The van der Waals surface area contributed by atoms with Crippen LogP contribution in [0.2, 0.25) is 0 Å². The number of benzene rings is 1. The summed E-state index contributed by atoms with van der Waals surface area (Å²) in [5.74, 6) is 0. The lowest BCUT2D eigenvalue weighted by atomic mass is 10.1. The van der Waals surface area contributed by atoms with Crippen LogP contribution in [-0.4, -0.2) is 0 Å².